The van der Waals surface area contributed by atoms with Gasteiger partial charge in [0, 0.05) is 22.8 Å². The lowest BCUT2D eigenvalue weighted by Crippen LogP contribution is -2.18. The third-order valence-electron chi connectivity index (χ3n) is 3.83. The van der Waals surface area contributed by atoms with Crippen LogP contribution in [0.1, 0.15) is 11.1 Å². The molecule has 0 fully saturated rings. The summed E-state index contributed by atoms with van der Waals surface area (Å²) in [6.45, 7) is 3.78. The molecule has 0 bridgehead atoms. The minimum atomic E-state index is -0.284. The van der Waals surface area contributed by atoms with Crippen LogP contribution in [-0.2, 0) is 0 Å². The molecule has 1 aromatic heterocycles. The quantitative estimate of drug-likeness (QED) is 0.655. The van der Waals surface area contributed by atoms with E-state index in [0.29, 0.717) is 5.02 Å². The Bertz CT molecular complexity index is 929. The molecule has 0 atom stereocenters. The molecular weight excluding hydrogens is 313 g/mol. The van der Waals surface area contributed by atoms with Gasteiger partial charge in [-0.3, -0.25) is 9.36 Å². The summed E-state index contributed by atoms with van der Waals surface area (Å²) in [4.78, 5) is 12.4. The Morgan fingerprint density at radius 1 is 0.957 bits per heavy atom. The van der Waals surface area contributed by atoms with Gasteiger partial charge >= 0.3 is 0 Å². The molecule has 2 nitrogen and oxygen atoms in total. The van der Waals surface area contributed by atoms with E-state index in [1.54, 1.807) is 35.0 Å². The summed E-state index contributed by atoms with van der Waals surface area (Å²) in [6, 6.07) is 13.2. The molecule has 4 heteroatoms. The maximum absolute atomic E-state index is 13.1. The largest absolute Gasteiger partial charge is 0.283 e. The zero-order chi connectivity index (χ0) is 16.6. The van der Waals surface area contributed by atoms with Crippen LogP contribution in [0.2, 0.25) is 5.02 Å². The summed E-state index contributed by atoms with van der Waals surface area (Å²) in [5.74, 6) is -0.284. The van der Waals surface area contributed by atoms with Crippen molar-refractivity contribution in [2.45, 2.75) is 13.8 Å². The fourth-order valence-electron chi connectivity index (χ4n) is 2.64. The monoisotopic (exact) mass is 327 g/mol. The topological polar surface area (TPSA) is 22.0 Å². The van der Waals surface area contributed by atoms with Crippen LogP contribution < -0.4 is 5.56 Å². The van der Waals surface area contributed by atoms with E-state index in [2.05, 4.69) is 0 Å². The van der Waals surface area contributed by atoms with Crippen molar-refractivity contribution in [1.29, 1.82) is 0 Å². The van der Waals surface area contributed by atoms with Crippen molar-refractivity contribution in [2.75, 3.05) is 0 Å². The molecule has 116 valence electrons. The molecule has 0 aliphatic heterocycles. The molecule has 0 unspecified atom stereocenters. The average Bonchev–Trinajstić information content (AvgIpc) is 2.49. The maximum Gasteiger partial charge on any atom is 0.255 e. The second-order valence-electron chi connectivity index (χ2n) is 5.52. The van der Waals surface area contributed by atoms with E-state index in [4.69, 9.17) is 11.6 Å². The number of pyridine rings is 1. The standard InChI is InChI=1S/C19H15ClFNO/c1-12-10-19(23)22(18-8-5-15(20)9-13(18)2)11-17(12)14-3-6-16(21)7-4-14/h3-11H,1-2H3. The molecule has 23 heavy (non-hydrogen) atoms. The minimum absolute atomic E-state index is 0.112. The van der Waals surface area contributed by atoms with Gasteiger partial charge in [0.05, 0.1) is 5.69 Å². The first-order chi connectivity index (χ1) is 11.0. The highest BCUT2D eigenvalue weighted by atomic mass is 35.5. The van der Waals surface area contributed by atoms with E-state index in [-0.39, 0.29) is 11.4 Å². The molecule has 0 saturated carbocycles. The third kappa shape index (κ3) is 3.06. The second-order valence-corrected chi connectivity index (χ2v) is 5.95. The van der Waals surface area contributed by atoms with Crippen LogP contribution in [0.25, 0.3) is 16.8 Å². The number of aromatic nitrogens is 1. The van der Waals surface area contributed by atoms with Crippen molar-refractivity contribution >= 4 is 11.6 Å². The van der Waals surface area contributed by atoms with Crippen LogP contribution >= 0.6 is 11.6 Å². The molecule has 0 saturated heterocycles. The lowest BCUT2D eigenvalue weighted by Gasteiger charge is -2.13. The predicted molar refractivity (Wildman–Crippen MR) is 91.9 cm³/mol. The van der Waals surface area contributed by atoms with Gasteiger partial charge in [-0.1, -0.05) is 23.7 Å². The first-order valence-electron chi connectivity index (χ1n) is 7.21. The summed E-state index contributed by atoms with van der Waals surface area (Å²) >= 11 is 5.99. The highest BCUT2D eigenvalue weighted by molar-refractivity contribution is 6.30. The Hall–Kier alpha value is -2.39. The van der Waals surface area contributed by atoms with Gasteiger partial charge in [-0.25, -0.2) is 4.39 Å². The lowest BCUT2D eigenvalue weighted by atomic mass is 10.0. The highest BCUT2D eigenvalue weighted by Gasteiger charge is 2.09. The summed E-state index contributed by atoms with van der Waals surface area (Å²) in [7, 11) is 0. The van der Waals surface area contributed by atoms with Crippen molar-refractivity contribution in [3.8, 4) is 16.8 Å². The van der Waals surface area contributed by atoms with E-state index in [1.807, 2.05) is 26.0 Å². The number of benzene rings is 2. The number of nitrogens with zero attached hydrogens (tertiary/aromatic N) is 1. The maximum atomic E-state index is 13.1. The van der Waals surface area contributed by atoms with Gasteiger partial charge in [-0.05, 0) is 60.9 Å². The Kier molecular flexibility index (Phi) is 4.05. The summed E-state index contributed by atoms with van der Waals surface area (Å²) < 4.78 is 14.7. The fourth-order valence-corrected chi connectivity index (χ4v) is 2.86. The van der Waals surface area contributed by atoms with Crippen LogP contribution in [0.15, 0.2) is 59.5 Å². The van der Waals surface area contributed by atoms with Gasteiger partial charge < -0.3 is 0 Å². The Balaban J connectivity index is 2.21. The predicted octanol–water partition coefficient (Wildman–Crippen LogP) is 4.91. The van der Waals surface area contributed by atoms with Crippen LogP contribution in [0.5, 0.6) is 0 Å². The lowest BCUT2D eigenvalue weighted by molar-refractivity contribution is 0.628. The first kappa shape index (κ1) is 15.5. The Morgan fingerprint density at radius 2 is 1.65 bits per heavy atom. The molecule has 0 aliphatic rings. The van der Waals surface area contributed by atoms with E-state index in [0.717, 1.165) is 27.9 Å². The van der Waals surface area contributed by atoms with Crippen LogP contribution in [0.4, 0.5) is 4.39 Å². The summed E-state index contributed by atoms with van der Waals surface area (Å²) in [5, 5.41) is 0.630. The molecule has 2 aromatic carbocycles. The Morgan fingerprint density at radius 3 is 2.30 bits per heavy atom. The van der Waals surface area contributed by atoms with Crippen molar-refractivity contribution in [1.82, 2.24) is 4.57 Å². The van der Waals surface area contributed by atoms with Gasteiger partial charge in [0.1, 0.15) is 5.82 Å². The average molecular weight is 328 g/mol. The summed E-state index contributed by atoms with van der Waals surface area (Å²) in [6.07, 6.45) is 1.79. The number of aryl methyl sites for hydroxylation is 2. The fraction of sp³-hybridized carbons (Fsp3) is 0.105. The molecule has 1 heterocycles. The number of hydrogen-bond donors (Lipinski definition) is 0. The van der Waals surface area contributed by atoms with Crippen molar-refractivity contribution in [3.05, 3.63) is 87.0 Å². The zero-order valence-electron chi connectivity index (χ0n) is 12.8. The van der Waals surface area contributed by atoms with Crippen molar-refractivity contribution in [2.24, 2.45) is 0 Å². The zero-order valence-corrected chi connectivity index (χ0v) is 13.6. The molecule has 3 aromatic rings. The molecule has 0 aliphatic carbocycles. The second kappa shape index (κ2) is 6.01. The van der Waals surface area contributed by atoms with Crippen LogP contribution in [0.3, 0.4) is 0 Å². The number of rotatable bonds is 2. The molecular formula is C19H15ClFNO. The number of halogens is 2. The molecule has 0 radical (unpaired) electrons. The van der Waals surface area contributed by atoms with Crippen LogP contribution in [-0.4, -0.2) is 4.57 Å². The summed E-state index contributed by atoms with van der Waals surface area (Å²) in [5.41, 5.74) is 4.18. The number of hydrogen-bond acceptors (Lipinski definition) is 1. The SMILES string of the molecule is Cc1cc(=O)n(-c2ccc(Cl)cc2C)cc1-c1ccc(F)cc1. The van der Waals surface area contributed by atoms with E-state index in [9.17, 15) is 9.18 Å². The van der Waals surface area contributed by atoms with Gasteiger partial charge in [-0.15, -0.1) is 0 Å². The molecule has 3 rings (SSSR count). The van der Waals surface area contributed by atoms with Crippen molar-refractivity contribution < 1.29 is 4.39 Å². The van der Waals surface area contributed by atoms with E-state index < -0.39 is 0 Å². The normalized spacial score (nSPS) is 10.8. The smallest absolute Gasteiger partial charge is 0.255 e. The van der Waals surface area contributed by atoms with E-state index in [1.165, 1.54) is 12.1 Å². The van der Waals surface area contributed by atoms with E-state index >= 15 is 0 Å². The van der Waals surface area contributed by atoms with Crippen LogP contribution in [0, 0.1) is 19.7 Å². The van der Waals surface area contributed by atoms with Gasteiger partial charge in [0.15, 0.2) is 0 Å². The molecule has 0 amide bonds. The van der Waals surface area contributed by atoms with Gasteiger partial charge in [0.25, 0.3) is 5.56 Å². The van der Waals surface area contributed by atoms with Gasteiger partial charge in [0.2, 0.25) is 0 Å². The van der Waals surface area contributed by atoms with Crippen molar-refractivity contribution in [3.63, 3.8) is 0 Å². The third-order valence-corrected chi connectivity index (χ3v) is 4.07. The first-order valence-corrected chi connectivity index (χ1v) is 7.59. The highest BCUT2D eigenvalue weighted by Crippen LogP contribution is 2.24. The molecule has 0 N–H and O–H groups in total. The minimum Gasteiger partial charge on any atom is -0.283 e. The Labute approximate surface area is 138 Å². The van der Waals surface area contributed by atoms with Gasteiger partial charge in [-0.2, -0.15) is 0 Å². The molecule has 0 spiro atoms.